The zero-order valence-corrected chi connectivity index (χ0v) is 11.8. The minimum absolute atomic E-state index is 0. The van der Waals surface area contributed by atoms with Gasteiger partial charge in [-0.2, -0.15) is 0 Å². The van der Waals surface area contributed by atoms with Crippen LogP contribution in [-0.4, -0.2) is 54.8 Å². The second-order valence-corrected chi connectivity index (χ2v) is 3.55. The third-order valence-electron chi connectivity index (χ3n) is 0.879. The van der Waals surface area contributed by atoms with Crippen molar-refractivity contribution in [1.82, 2.24) is 0 Å². The van der Waals surface area contributed by atoms with Crippen LogP contribution in [0, 0.1) is 7.43 Å². The lowest BCUT2D eigenvalue weighted by Gasteiger charge is -1.90. The van der Waals surface area contributed by atoms with Crippen LogP contribution in [0.2, 0.25) is 0 Å². The normalized spacial score (nSPS) is 10.2. The summed E-state index contributed by atoms with van der Waals surface area (Å²) in [5, 5.41) is 0. The van der Waals surface area contributed by atoms with Crippen LogP contribution >= 0.6 is 0 Å². The first kappa shape index (κ1) is 18.9. The minimum Gasteiger partial charge on any atom is -0.436 e. The summed E-state index contributed by atoms with van der Waals surface area (Å²) < 4.78 is 9.59. The van der Waals surface area contributed by atoms with E-state index in [1.807, 2.05) is 13.8 Å². The van der Waals surface area contributed by atoms with Gasteiger partial charge < -0.3 is 19.1 Å². The standard InChI is InChI=1S/2C3H10O2Si.CH3/c2*1-2-5-3-6-4;/h2*4H,2-3,6H2,1H3;1H3. The highest BCUT2D eigenvalue weighted by Crippen LogP contribution is 1.65. The Kier molecular flexibility index (Phi) is 33.2. The van der Waals surface area contributed by atoms with Gasteiger partial charge in [-0.3, -0.25) is 0 Å². The summed E-state index contributed by atoms with van der Waals surface area (Å²) in [6.45, 7) is 5.30. The lowest BCUT2D eigenvalue weighted by atomic mass is 10.9. The highest BCUT2D eigenvalue weighted by molar-refractivity contribution is 6.25. The largest absolute Gasteiger partial charge is 0.436 e. The minimum atomic E-state index is -0.819. The van der Waals surface area contributed by atoms with Gasteiger partial charge in [0, 0.05) is 13.2 Å². The van der Waals surface area contributed by atoms with Crippen molar-refractivity contribution >= 4 is 19.5 Å². The van der Waals surface area contributed by atoms with Gasteiger partial charge in [0.25, 0.3) is 0 Å². The lowest BCUT2D eigenvalue weighted by Crippen LogP contribution is -2.00. The van der Waals surface area contributed by atoms with Gasteiger partial charge in [0.15, 0.2) is 19.5 Å². The summed E-state index contributed by atoms with van der Waals surface area (Å²) in [6, 6.07) is 0. The van der Waals surface area contributed by atoms with E-state index in [4.69, 9.17) is 19.1 Å². The van der Waals surface area contributed by atoms with Crippen LogP contribution in [0.15, 0.2) is 0 Å². The van der Waals surface area contributed by atoms with Crippen molar-refractivity contribution in [2.45, 2.75) is 13.8 Å². The average Bonchev–Trinajstić information content (AvgIpc) is 2.12. The Labute approximate surface area is 86.2 Å². The average molecular weight is 227 g/mol. The number of rotatable bonds is 6. The number of ether oxygens (including phenoxy) is 2. The van der Waals surface area contributed by atoms with E-state index in [1.54, 1.807) is 0 Å². The molecule has 0 aliphatic carbocycles. The van der Waals surface area contributed by atoms with Gasteiger partial charge in [0.1, 0.15) is 0 Å². The molecule has 0 heterocycles. The molecule has 0 aromatic carbocycles. The molecule has 0 aromatic heterocycles. The van der Waals surface area contributed by atoms with Crippen molar-refractivity contribution in [3.63, 3.8) is 0 Å². The Hall–Kier alpha value is 0.274. The van der Waals surface area contributed by atoms with E-state index in [-0.39, 0.29) is 7.43 Å². The van der Waals surface area contributed by atoms with Crippen LogP contribution in [0.1, 0.15) is 13.8 Å². The highest BCUT2D eigenvalue weighted by Gasteiger charge is 1.76. The Morgan fingerprint density at radius 2 is 1.23 bits per heavy atom. The maximum absolute atomic E-state index is 8.21. The molecule has 0 amide bonds. The fourth-order valence-electron chi connectivity index (χ4n) is 0.418. The molecule has 0 saturated heterocycles. The summed E-state index contributed by atoms with van der Waals surface area (Å²) in [7, 11) is -1.64. The predicted octanol–water partition coefficient (Wildman–Crippen LogP) is -1.44. The molecule has 0 unspecified atom stereocenters. The van der Waals surface area contributed by atoms with E-state index >= 15 is 0 Å². The van der Waals surface area contributed by atoms with E-state index in [2.05, 4.69) is 0 Å². The van der Waals surface area contributed by atoms with Gasteiger partial charge in [-0.05, 0) is 13.8 Å². The zero-order valence-electron chi connectivity index (χ0n) is 8.95. The van der Waals surface area contributed by atoms with Crippen molar-refractivity contribution in [2.75, 3.05) is 25.7 Å². The zero-order chi connectivity index (χ0) is 9.66. The second-order valence-electron chi connectivity index (χ2n) is 1.84. The van der Waals surface area contributed by atoms with Crippen molar-refractivity contribution < 1.29 is 19.1 Å². The molecule has 0 aromatic rings. The van der Waals surface area contributed by atoms with Gasteiger partial charge in [-0.15, -0.1) is 0 Å². The summed E-state index contributed by atoms with van der Waals surface area (Å²) >= 11 is 0. The molecule has 0 spiro atoms. The van der Waals surface area contributed by atoms with Crippen molar-refractivity contribution in [3.05, 3.63) is 7.43 Å². The van der Waals surface area contributed by atoms with Gasteiger partial charge in [0.05, 0.1) is 12.5 Å². The highest BCUT2D eigenvalue weighted by atomic mass is 28.2. The van der Waals surface area contributed by atoms with Gasteiger partial charge in [-0.25, -0.2) is 0 Å². The fraction of sp³-hybridized carbons (Fsp3) is 0.857. The van der Waals surface area contributed by atoms with Crippen LogP contribution in [0.4, 0.5) is 0 Å². The monoisotopic (exact) mass is 227 g/mol. The quantitative estimate of drug-likeness (QED) is 0.431. The first-order valence-corrected chi connectivity index (χ1v) is 7.47. The summed E-state index contributed by atoms with van der Waals surface area (Å²) in [4.78, 5) is 16.4. The fourth-order valence-corrected chi connectivity index (χ4v) is 1.25. The Morgan fingerprint density at radius 3 is 1.31 bits per heavy atom. The first-order chi connectivity index (χ1) is 5.83. The second kappa shape index (κ2) is 22.8. The molecule has 1 radical (unpaired) electrons. The predicted molar refractivity (Wildman–Crippen MR) is 60.9 cm³/mol. The number of hydrogen-bond acceptors (Lipinski definition) is 4. The molecule has 83 valence electrons. The van der Waals surface area contributed by atoms with E-state index in [1.165, 1.54) is 0 Å². The first-order valence-electron chi connectivity index (χ1n) is 4.20. The third-order valence-corrected chi connectivity index (χ3v) is 1.82. The molecule has 0 bridgehead atoms. The molecule has 0 aliphatic rings. The van der Waals surface area contributed by atoms with Gasteiger partial charge in [-0.1, -0.05) is 7.43 Å². The molecule has 0 fully saturated rings. The van der Waals surface area contributed by atoms with Gasteiger partial charge in [0.2, 0.25) is 0 Å². The molecule has 6 heteroatoms. The van der Waals surface area contributed by atoms with E-state index in [0.717, 1.165) is 13.2 Å². The molecule has 0 saturated carbocycles. The van der Waals surface area contributed by atoms with Crippen LogP contribution in [0.25, 0.3) is 0 Å². The lowest BCUT2D eigenvalue weighted by molar-refractivity contribution is 0.186. The molecule has 2 N–H and O–H groups in total. The summed E-state index contributed by atoms with van der Waals surface area (Å²) in [5.74, 6) is 0. The number of hydrogen-bond donors (Lipinski definition) is 2. The van der Waals surface area contributed by atoms with Crippen LogP contribution < -0.4 is 0 Å². The Balaban J connectivity index is -0.000000143. The molecule has 0 atom stereocenters. The molecule has 13 heavy (non-hydrogen) atoms. The molecular formula is C7H23O4Si2. The maximum Gasteiger partial charge on any atom is 0.182 e. The van der Waals surface area contributed by atoms with Crippen LogP contribution in [0.3, 0.4) is 0 Å². The molecule has 0 rings (SSSR count). The summed E-state index contributed by atoms with van der Waals surface area (Å²) in [6.07, 6.45) is 1.22. The van der Waals surface area contributed by atoms with Crippen LogP contribution in [-0.2, 0) is 9.47 Å². The topological polar surface area (TPSA) is 58.9 Å². The SMILES string of the molecule is CCOC[SiH2]O.CCOC[SiH2]O.[CH3]. The Bertz CT molecular complexity index is 50.5. The van der Waals surface area contributed by atoms with Gasteiger partial charge >= 0.3 is 0 Å². The smallest absolute Gasteiger partial charge is 0.182 e. The van der Waals surface area contributed by atoms with Crippen molar-refractivity contribution in [1.29, 1.82) is 0 Å². The third kappa shape index (κ3) is 32.9. The molecule has 4 nitrogen and oxygen atoms in total. The molecule has 0 aliphatic heterocycles. The molecular weight excluding hydrogens is 204 g/mol. The maximum atomic E-state index is 8.21. The van der Waals surface area contributed by atoms with Crippen LogP contribution in [0.5, 0.6) is 0 Å². The van der Waals surface area contributed by atoms with Crippen molar-refractivity contribution in [3.8, 4) is 0 Å². The van der Waals surface area contributed by atoms with E-state index in [0.29, 0.717) is 12.5 Å². The van der Waals surface area contributed by atoms with E-state index in [9.17, 15) is 0 Å². The Morgan fingerprint density at radius 1 is 0.923 bits per heavy atom. The van der Waals surface area contributed by atoms with Crippen molar-refractivity contribution in [2.24, 2.45) is 0 Å². The summed E-state index contributed by atoms with van der Waals surface area (Å²) in [5.41, 5.74) is 0. The van der Waals surface area contributed by atoms with E-state index < -0.39 is 19.5 Å².